The number of amides is 1. The van der Waals surface area contributed by atoms with Gasteiger partial charge in [-0.25, -0.2) is 0 Å². The zero-order valence-electron chi connectivity index (χ0n) is 11.8. The molecule has 22 heavy (non-hydrogen) atoms. The number of methoxy groups -OCH3 is 1. The van der Waals surface area contributed by atoms with Gasteiger partial charge in [0.25, 0.3) is 5.91 Å². The number of carbonyl (C=O) groups is 1. The Bertz CT molecular complexity index is 651. The fourth-order valence-corrected chi connectivity index (χ4v) is 1.91. The lowest BCUT2D eigenvalue weighted by atomic mass is 10.1. The van der Waals surface area contributed by atoms with Crippen LogP contribution in [0.25, 0.3) is 0 Å². The maximum absolute atomic E-state index is 12.5. The minimum Gasteiger partial charge on any atom is -0.380 e. The molecule has 6 heteroatoms. The highest BCUT2D eigenvalue weighted by Gasteiger charge is 2.29. The van der Waals surface area contributed by atoms with Gasteiger partial charge in [-0.15, -0.1) is 0 Å². The van der Waals surface area contributed by atoms with Gasteiger partial charge >= 0.3 is 6.18 Å². The molecule has 0 atom stereocenters. The molecule has 1 N–H and O–H groups in total. The Morgan fingerprint density at radius 3 is 2.41 bits per heavy atom. The van der Waals surface area contributed by atoms with Crippen LogP contribution in [0.15, 0.2) is 48.5 Å². The van der Waals surface area contributed by atoms with Gasteiger partial charge in [0.2, 0.25) is 0 Å². The Morgan fingerprint density at radius 1 is 1.14 bits per heavy atom. The van der Waals surface area contributed by atoms with Crippen molar-refractivity contribution in [3.05, 3.63) is 65.2 Å². The average molecular weight is 309 g/mol. The van der Waals surface area contributed by atoms with Gasteiger partial charge in [0.05, 0.1) is 12.2 Å². The van der Waals surface area contributed by atoms with Gasteiger partial charge in [0.1, 0.15) is 0 Å². The van der Waals surface area contributed by atoms with Crippen molar-refractivity contribution in [3.8, 4) is 0 Å². The molecule has 0 aromatic heterocycles. The van der Waals surface area contributed by atoms with Crippen molar-refractivity contribution in [1.82, 2.24) is 0 Å². The molecule has 0 bridgehead atoms. The van der Waals surface area contributed by atoms with Crippen LogP contribution in [-0.4, -0.2) is 13.0 Å². The second-order valence-electron chi connectivity index (χ2n) is 4.66. The summed E-state index contributed by atoms with van der Waals surface area (Å²) in [6.45, 7) is 0.376. The summed E-state index contributed by atoms with van der Waals surface area (Å²) < 4.78 is 42.4. The third kappa shape index (κ3) is 4.08. The molecule has 2 aromatic carbocycles. The van der Waals surface area contributed by atoms with Gasteiger partial charge in [-0.2, -0.15) is 13.2 Å². The largest absolute Gasteiger partial charge is 0.416 e. The highest BCUT2D eigenvalue weighted by Crippen LogP contribution is 2.29. The summed E-state index contributed by atoms with van der Waals surface area (Å²) in [5.74, 6) is -0.391. The zero-order chi connectivity index (χ0) is 16.2. The second-order valence-corrected chi connectivity index (χ2v) is 4.66. The number of nitrogens with one attached hydrogen (secondary N) is 1. The van der Waals surface area contributed by atoms with Gasteiger partial charge in [0.15, 0.2) is 0 Å². The molecular weight excluding hydrogens is 295 g/mol. The fraction of sp³-hybridized carbons (Fsp3) is 0.188. The van der Waals surface area contributed by atoms with Crippen LogP contribution < -0.4 is 5.32 Å². The summed E-state index contributed by atoms with van der Waals surface area (Å²) in [5.41, 5.74) is 0.791. The van der Waals surface area contributed by atoms with E-state index in [0.717, 1.165) is 17.7 Å². The summed E-state index contributed by atoms with van der Waals surface area (Å²) >= 11 is 0. The van der Waals surface area contributed by atoms with Gasteiger partial charge in [-0.1, -0.05) is 12.1 Å². The summed E-state index contributed by atoms with van der Waals surface area (Å²) in [6.07, 6.45) is -4.39. The Morgan fingerprint density at radius 2 is 1.82 bits per heavy atom. The van der Waals surface area contributed by atoms with Crippen molar-refractivity contribution < 1.29 is 22.7 Å². The van der Waals surface area contributed by atoms with E-state index < -0.39 is 17.6 Å². The van der Waals surface area contributed by atoms with Crippen molar-refractivity contribution in [1.29, 1.82) is 0 Å². The zero-order valence-corrected chi connectivity index (χ0v) is 11.8. The second kappa shape index (κ2) is 6.62. The minimum atomic E-state index is -4.39. The molecule has 2 aromatic rings. The van der Waals surface area contributed by atoms with E-state index in [2.05, 4.69) is 5.32 Å². The number of ether oxygens (including phenoxy) is 1. The average Bonchev–Trinajstić information content (AvgIpc) is 2.47. The van der Waals surface area contributed by atoms with E-state index in [4.69, 9.17) is 4.74 Å². The van der Waals surface area contributed by atoms with Crippen LogP contribution in [0.2, 0.25) is 0 Å². The lowest BCUT2D eigenvalue weighted by Crippen LogP contribution is -2.12. The summed E-state index contributed by atoms with van der Waals surface area (Å²) in [7, 11) is 1.55. The molecular formula is C16H14F3NO2. The van der Waals surface area contributed by atoms with Crippen LogP contribution >= 0.6 is 0 Å². The first-order valence-electron chi connectivity index (χ1n) is 6.46. The van der Waals surface area contributed by atoms with Crippen LogP contribution in [0.5, 0.6) is 0 Å². The number of benzene rings is 2. The molecule has 0 unspecified atom stereocenters. The molecule has 0 spiro atoms. The van der Waals surface area contributed by atoms with Crippen LogP contribution in [-0.2, 0) is 17.5 Å². The van der Waals surface area contributed by atoms with E-state index in [1.807, 2.05) is 6.07 Å². The van der Waals surface area contributed by atoms with E-state index in [0.29, 0.717) is 17.9 Å². The number of rotatable bonds is 4. The Kier molecular flexibility index (Phi) is 4.82. The molecule has 0 heterocycles. The molecule has 1 amide bonds. The van der Waals surface area contributed by atoms with Gasteiger partial charge < -0.3 is 10.1 Å². The quantitative estimate of drug-likeness (QED) is 0.923. The number of anilines is 1. The van der Waals surface area contributed by atoms with E-state index >= 15 is 0 Å². The molecule has 0 aliphatic carbocycles. The molecule has 0 saturated heterocycles. The molecule has 0 saturated carbocycles. The molecule has 0 aliphatic heterocycles. The van der Waals surface area contributed by atoms with Gasteiger partial charge in [0, 0.05) is 18.4 Å². The van der Waals surface area contributed by atoms with Crippen LogP contribution in [0.1, 0.15) is 21.5 Å². The molecule has 116 valence electrons. The summed E-state index contributed by atoms with van der Waals surface area (Å²) in [6, 6.07) is 11.1. The predicted octanol–water partition coefficient (Wildman–Crippen LogP) is 4.10. The molecule has 2 rings (SSSR count). The maximum Gasteiger partial charge on any atom is 0.416 e. The first-order chi connectivity index (χ1) is 10.4. The first kappa shape index (κ1) is 16.0. The molecule has 0 fully saturated rings. The number of halogens is 3. The smallest absolute Gasteiger partial charge is 0.380 e. The standard InChI is InChI=1S/C16H14F3NO2/c1-22-10-11-3-2-4-12(9-11)15(21)20-14-7-5-13(6-8-14)16(17,18)19/h2-9H,10H2,1H3,(H,20,21). The number of carbonyl (C=O) groups excluding carboxylic acids is 1. The Hall–Kier alpha value is -2.34. The van der Waals surface area contributed by atoms with E-state index in [1.165, 1.54) is 12.1 Å². The highest BCUT2D eigenvalue weighted by atomic mass is 19.4. The van der Waals surface area contributed by atoms with Gasteiger partial charge in [-0.05, 0) is 42.0 Å². The van der Waals surface area contributed by atoms with Crippen molar-refractivity contribution in [3.63, 3.8) is 0 Å². The molecule has 0 aliphatic rings. The third-order valence-electron chi connectivity index (χ3n) is 2.97. The van der Waals surface area contributed by atoms with E-state index in [-0.39, 0.29) is 0 Å². The summed E-state index contributed by atoms with van der Waals surface area (Å²) in [5, 5.41) is 2.56. The monoisotopic (exact) mass is 309 g/mol. The van der Waals surface area contributed by atoms with E-state index in [9.17, 15) is 18.0 Å². The van der Waals surface area contributed by atoms with Crippen molar-refractivity contribution in [2.24, 2.45) is 0 Å². The molecule has 3 nitrogen and oxygen atoms in total. The Balaban J connectivity index is 2.10. The third-order valence-corrected chi connectivity index (χ3v) is 2.97. The SMILES string of the molecule is COCc1cccc(C(=O)Nc2ccc(C(F)(F)F)cc2)c1. The van der Waals surface area contributed by atoms with Crippen LogP contribution in [0, 0.1) is 0 Å². The minimum absolute atomic E-state index is 0.301. The van der Waals surface area contributed by atoms with Crippen molar-refractivity contribution >= 4 is 11.6 Å². The lowest BCUT2D eigenvalue weighted by molar-refractivity contribution is -0.137. The van der Waals surface area contributed by atoms with Crippen molar-refractivity contribution in [2.75, 3.05) is 12.4 Å². The normalized spacial score (nSPS) is 11.3. The van der Waals surface area contributed by atoms with E-state index in [1.54, 1.807) is 25.3 Å². The molecule has 0 radical (unpaired) electrons. The van der Waals surface area contributed by atoms with Crippen LogP contribution in [0.3, 0.4) is 0 Å². The number of hydrogen-bond donors (Lipinski definition) is 1. The number of hydrogen-bond acceptors (Lipinski definition) is 2. The van der Waals surface area contributed by atoms with Crippen LogP contribution in [0.4, 0.5) is 18.9 Å². The highest BCUT2D eigenvalue weighted by molar-refractivity contribution is 6.04. The Labute approximate surface area is 125 Å². The number of alkyl halides is 3. The lowest BCUT2D eigenvalue weighted by Gasteiger charge is -2.09. The van der Waals surface area contributed by atoms with Gasteiger partial charge in [-0.3, -0.25) is 4.79 Å². The summed E-state index contributed by atoms with van der Waals surface area (Å²) in [4.78, 5) is 12.1. The maximum atomic E-state index is 12.5. The fourth-order valence-electron chi connectivity index (χ4n) is 1.91. The van der Waals surface area contributed by atoms with Crippen molar-refractivity contribution in [2.45, 2.75) is 12.8 Å². The first-order valence-corrected chi connectivity index (χ1v) is 6.46. The topological polar surface area (TPSA) is 38.3 Å². The predicted molar refractivity (Wildman–Crippen MR) is 76.6 cm³/mol.